The second-order valence-corrected chi connectivity index (χ2v) is 6.22. The first-order chi connectivity index (χ1) is 11.9. The fourth-order valence-corrected chi connectivity index (χ4v) is 2.13. The number of nitrogens with one attached hydrogen (secondary N) is 1. The lowest BCUT2D eigenvalue weighted by Crippen LogP contribution is -2.46. The molecule has 130 valence electrons. The van der Waals surface area contributed by atoms with E-state index in [1.165, 1.54) is 0 Å². The Bertz CT molecular complexity index is 771. The van der Waals surface area contributed by atoms with E-state index in [-0.39, 0.29) is 12.5 Å². The molecule has 2 aromatic rings. The summed E-state index contributed by atoms with van der Waals surface area (Å²) in [5.74, 6) is 7.01. The Balaban J connectivity index is 1.88. The highest BCUT2D eigenvalue weighted by molar-refractivity contribution is 6.30. The molecule has 0 unspecified atom stereocenters. The van der Waals surface area contributed by atoms with Crippen LogP contribution in [0.1, 0.15) is 19.4 Å². The number of halogens is 1. The van der Waals surface area contributed by atoms with Crippen LogP contribution >= 0.6 is 11.6 Å². The van der Waals surface area contributed by atoms with Gasteiger partial charge in [0.05, 0.1) is 13.7 Å². The summed E-state index contributed by atoms with van der Waals surface area (Å²) in [7, 11) is 1.62. The Morgan fingerprint density at radius 1 is 1.08 bits per heavy atom. The smallest absolute Gasteiger partial charge is 0.264 e. The van der Waals surface area contributed by atoms with Crippen LogP contribution in [0.4, 0.5) is 0 Å². The molecular weight excluding hydrogens is 338 g/mol. The fourth-order valence-electron chi connectivity index (χ4n) is 2.00. The molecule has 2 rings (SSSR count). The minimum atomic E-state index is -1.02. The standard InChI is InChI=1S/C20H20ClNO3/c1-20(2,25-18-12-8-16(21)9-13-18)19(23)22-14-4-5-15-6-10-17(24-3)11-7-15/h6-13H,14H2,1-3H3,(H,22,23). The molecule has 0 saturated carbocycles. The van der Waals surface area contributed by atoms with Crippen LogP contribution in [0.15, 0.2) is 48.5 Å². The number of hydrogen-bond acceptors (Lipinski definition) is 3. The van der Waals surface area contributed by atoms with Crippen LogP contribution < -0.4 is 14.8 Å². The predicted octanol–water partition coefficient (Wildman–Crippen LogP) is 3.67. The number of hydrogen-bond donors (Lipinski definition) is 1. The van der Waals surface area contributed by atoms with Crippen LogP contribution in [0.5, 0.6) is 11.5 Å². The normalized spacial score (nSPS) is 10.4. The van der Waals surface area contributed by atoms with Gasteiger partial charge in [-0.05, 0) is 62.4 Å². The highest BCUT2D eigenvalue weighted by atomic mass is 35.5. The summed E-state index contributed by atoms with van der Waals surface area (Å²) in [4.78, 5) is 12.3. The van der Waals surface area contributed by atoms with Crippen LogP contribution in [-0.4, -0.2) is 25.2 Å². The Morgan fingerprint density at radius 2 is 1.68 bits per heavy atom. The summed E-state index contributed by atoms with van der Waals surface area (Å²) in [6.07, 6.45) is 0. The number of methoxy groups -OCH3 is 1. The molecule has 2 aromatic carbocycles. The van der Waals surface area contributed by atoms with Gasteiger partial charge in [0.1, 0.15) is 11.5 Å². The number of benzene rings is 2. The van der Waals surface area contributed by atoms with Gasteiger partial charge in [-0.25, -0.2) is 0 Å². The average molecular weight is 358 g/mol. The van der Waals surface area contributed by atoms with E-state index in [0.29, 0.717) is 10.8 Å². The third-order valence-corrected chi connectivity index (χ3v) is 3.65. The number of amides is 1. The summed E-state index contributed by atoms with van der Waals surface area (Å²) < 4.78 is 10.8. The SMILES string of the molecule is COc1ccc(C#CCNC(=O)C(C)(C)Oc2ccc(Cl)cc2)cc1. The molecule has 5 heteroatoms. The lowest BCUT2D eigenvalue weighted by atomic mass is 10.1. The Hall–Kier alpha value is -2.64. The molecule has 0 spiro atoms. The zero-order chi connectivity index (χ0) is 18.3. The second-order valence-electron chi connectivity index (χ2n) is 5.78. The van der Waals surface area contributed by atoms with Gasteiger partial charge in [-0.15, -0.1) is 0 Å². The van der Waals surface area contributed by atoms with Gasteiger partial charge in [0.2, 0.25) is 0 Å². The van der Waals surface area contributed by atoms with Gasteiger partial charge in [0, 0.05) is 10.6 Å². The van der Waals surface area contributed by atoms with Crippen LogP contribution in [-0.2, 0) is 4.79 Å². The van der Waals surface area contributed by atoms with Crippen molar-refractivity contribution in [3.63, 3.8) is 0 Å². The molecule has 0 bridgehead atoms. The molecule has 0 aliphatic rings. The van der Waals surface area contributed by atoms with E-state index in [1.807, 2.05) is 24.3 Å². The number of ether oxygens (including phenoxy) is 2. The van der Waals surface area contributed by atoms with Crippen molar-refractivity contribution >= 4 is 17.5 Å². The van der Waals surface area contributed by atoms with Gasteiger partial charge in [-0.1, -0.05) is 23.4 Å². The maximum atomic E-state index is 12.3. The van der Waals surface area contributed by atoms with E-state index in [0.717, 1.165) is 11.3 Å². The molecule has 0 radical (unpaired) electrons. The maximum absolute atomic E-state index is 12.3. The molecule has 0 saturated heterocycles. The fraction of sp³-hybridized carbons (Fsp3) is 0.250. The summed E-state index contributed by atoms with van der Waals surface area (Å²) in [5, 5.41) is 3.37. The van der Waals surface area contributed by atoms with Crippen molar-refractivity contribution in [2.75, 3.05) is 13.7 Å². The van der Waals surface area contributed by atoms with E-state index in [2.05, 4.69) is 17.2 Å². The van der Waals surface area contributed by atoms with Crippen molar-refractivity contribution in [1.29, 1.82) is 0 Å². The second kappa shape index (κ2) is 8.46. The van der Waals surface area contributed by atoms with Crippen LogP contribution in [0.25, 0.3) is 0 Å². The molecular formula is C20H20ClNO3. The van der Waals surface area contributed by atoms with E-state index in [1.54, 1.807) is 45.2 Å². The van der Waals surface area contributed by atoms with Gasteiger partial charge in [0.15, 0.2) is 5.60 Å². The van der Waals surface area contributed by atoms with Gasteiger partial charge in [0.25, 0.3) is 5.91 Å². The molecule has 25 heavy (non-hydrogen) atoms. The molecule has 0 atom stereocenters. The highest BCUT2D eigenvalue weighted by Crippen LogP contribution is 2.20. The van der Waals surface area contributed by atoms with E-state index < -0.39 is 5.60 Å². The van der Waals surface area contributed by atoms with Crippen molar-refractivity contribution < 1.29 is 14.3 Å². The third kappa shape index (κ3) is 5.74. The van der Waals surface area contributed by atoms with E-state index in [4.69, 9.17) is 21.1 Å². The summed E-state index contributed by atoms with van der Waals surface area (Å²) >= 11 is 5.84. The quantitative estimate of drug-likeness (QED) is 0.830. The topological polar surface area (TPSA) is 47.6 Å². The third-order valence-electron chi connectivity index (χ3n) is 3.39. The van der Waals surface area contributed by atoms with Gasteiger partial charge < -0.3 is 14.8 Å². The summed E-state index contributed by atoms with van der Waals surface area (Å²) in [6.45, 7) is 3.64. The Kier molecular flexibility index (Phi) is 6.32. The number of rotatable bonds is 5. The average Bonchev–Trinajstić information content (AvgIpc) is 2.61. The molecule has 0 aliphatic heterocycles. The maximum Gasteiger partial charge on any atom is 0.264 e. The lowest BCUT2D eigenvalue weighted by Gasteiger charge is -2.24. The Morgan fingerprint density at radius 3 is 2.28 bits per heavy atom. The van der Waals surface area contributed by atoms with Crippen molar-refractivity contribution in [1.82, 2.24) is 5.32 Å². The van der Waals surface area contributed by atoms with Crippen molar-refractivity contribution in [2.24, 2.45) is 0 Å². The summed E-state index contributed by atoms with van der Waals surface area (Å²) in [5.41, 5.74) is -0.165. The van der Waals surface area contributed by atoms with Gasteiger partial charge in [-0.3, -0.25) is 4.79 Å². The number of carbonyl (C=O) groups excluding carboxylic acids is 1. The van der Waals surface area contributed by atoms with Gasteiger partial charge in [-0.2, -0.15) is 0 Å². The zero-order valence-corrected chi connectivity index (χ0v) is 15.2. The predicted molar refractivity (Wildman–Crippen MR) is 99.0 cm³/mol. The minimum Gasteiger partial charge on any atom is -0.497 e. The van der Waals surface area contributed by atoms with Gasteiger partial charge >= 0.3 is 0 Å². The van der Waals surface area contributed by atoms with Crippen molar-refractivity contribution in [3.8, 4) is 23.3 Å². The monoisotopic (exact) mass is 357 g/mol. The first-order valence-corrected chi connectivity index (χ1v) is 8.14. The molecule has 1 amide bonds. The molecule has 0 heterocycles. The Labute approximate surface area is 153 Å². The lowest BCUT2D eigenvalue weighted by molar-refractivity contribution is -0.133. The van der Waals surface area contributed by atoms with Crippen LogP contribution in [0, 0.1) is 11.8 Å². The largest absolute Gasteiger partial charge is 0.497 e. The zero-order valence-electron chi connectivity index (χ0n) is 14.4. The molecule has 1 N–H and O–H groups in total. The number of carbonyl (C=O) groups is 1. The van der Waals surface area contributed by atoms with E-state index >= 15 is 0 Å². The summed E-state index contributed by atoms with van der Waals surface area (Å²) in [6, 6.07) is 14.3. The molecule has 0 aliphatic carbocycles. The molecule has 0 fully saturated rings. The van der Waals surface area contributed by atoms with Crippen LogP contribution in [0.2, 0.25) is 5.02 Å². The van der Waals surface area contributed by atoms with Crippen LogP contribution in [0.3, 0.4) is 0 Å². The first-order valence-electron chi connectivity index (χ1n) is 7.76. The first kappa shape index (κ1) is 18.7. The van der Waals surface area contributed by atoms with E-state index in [9.17, 15) is 4.79 Å². The van der Waals surface area contributed by atoms with Crippen molar-refractivity contribution in [3.05, 3.63) is 59.1 Å². The molecule has 0 aromatic heterocycles. The van der Waals surface area contributed by atoms with Crippen molar-refractivity contribution in [2.45, 2.75) is 19.4 Å². The molecule has 4 nitrogen and oxygen atoms in total. The minimum absolute atomic E-state index is 0.234. The highest BCUT2D eigenvalue weighted by Gasteiger charge is 2.29.